The van der Waals surface area contributed by atoms with Crippen LogP contribution >= 0.6 is 11.8 Å². The normalized spacial score (nSPS) is 17.7. The van der Waals surface area contributed by atoms with Crippen LogP contribution in [-0.2, 0) is 6.54 Å². The minimum atomic E-state index is -0.586. The van der Waals surface area contributed by atoms with Crippen LogP contribution in [0, 0.1) is 0 Å². The Morgan fingerprint density at radius 3 is 2.81 bits per heavy atom. The van der Waals surface area contributed by atoms with Crippen LogP contribution in [0.15, 0.2) is 65.8 Å². The Bertz CT molecular complexity index is 1390. The number of nitrogens with zero attached hydrogens (tertiary/aromatic N) is 3. The molecule has 1 aliphatic carbocycles. The van der Waals surface area contributed by atoms with E-state index >= 15 is 0 Å². The number of aromatic nitrogens is 3. The summed E-state index contributed by atoms with van der Waals surface area (Å²) in [5, 5.41) is 7.72. The molecule has 0 unspecified atom stereocenters. The molecule has 0 radical (unpaired) electrons. The molecule has 36 heavy (non-hydrogen) atoms. The number of carbonyl (C=O) groups is 1. The molecule has 2 atom stereocenters. The van der Waals surface area contributed by atoms with Gasteiger partial charge in [-0.1, -0.05) is 31.0 Å². The lowest BCUT2D eigenvalue weighted by Crippen LogP contribution is -2.43. The Balaban J connectivity index is 1.43. The van der Waals surface area contributed by atoms with Crippen molar-refractivity contribution in [2.24, 2.45) is 11.5 Å². The van der Waals surface area contributed by atoms with E-state index < -0.39 is 5.91 Å². The lowest BCUT2D eigenvalue weighted by Gasteiger charge is -2.29. The van der Waals surface area contributed by atoms with E-state index in [9.17, 15) is 4.79 Å². The molecule has 186 valence electrons. The first-order valence-corrected chi connectivity index (χ1v) is 13.4. The molecule has 1 aliphatic rings. The van der Waals surface area contributed by atoms with Crippen LogP contribution in [0.4, 0.5) is 17.5 Å². The van der Waals surface area contributed by atoms with Gasteiger partial charge >= 0.3 is 0 Å². The molecule has 5 rings (SSSR count). The number of amides is 1. The van der Waals surface area contributed by atoms with Crippen LogP contribution < -0.4 is 22.1 Å². The van der Waals surface area contributed by atoms with Gasteiger partial charge in [0.05, 0.1) is 5.52 Å². The van der Waals surface area contributed by atoms with Gasteiger partial charge in [0.2, 0.25) is 5.95 Å². The van der Waals surface area contributed by atoms with E-state index in [0.29, 0.717) is 11.8 Å². The maximum Gasteiger partial charge on any atom is 0.254 e. The van der Waals surface area contributed by atoms with Gasteiger partial charge in [0.25, 0.3) is 5.91 Å². The molecular formula is C27H31N7OS. The molecular weight excluding hydrogens is 470 g/mol. The first-order valence-electron chi connectivity index (χ1n) is 12.2. The zero-order valence-corrected chi connectivity index (χ0v) is 21.1. The number of anilines is 3. The molecule has 1 amide bonds. The van der Waals surface area contributed by atoms with Crippen molar-refractivity contribution < 1.29 is 4.79 Å². The van der Waals surface area contributed by atoms with Crippen molar-refractivity contribution in [3.8, 4) is 0 Å². The number of rotatable bonds is 8. The van der Waals surface area contributed by atoms with Crippen molar-refractivity contribution in [1.82, 2.24) is 14.5 Å². The van der Waals surface area contributed by atoms with E-state index in [1.165, 1.54) is 16.7 Å². The van der Waals surface area contributed by atoms with Crippen molar-refractivity contribution in [3.05, 3.63) is 72.1 Å². The maximum absolute atomic E-state index is 12.1. The van der Waals surface area contributed by atoms with Gasteiger partial charge in [0.1, 0.15) is 11.4 Å². The van der Waals surface area contributed by atoms with E-state index in [1.54, 1.807) is 11.8 Å². The van der Waals surface area contributed by atoms with Gasteiger partial charge in [0, 0.05) is 47.0 Å². The molecule has 4 aromatic rings. The third kappa shape index (κ3) is 5.17. The van der Waals surface area contributed by atoms with Crippen molar-refractivity contribution in [1.29, 1.82) is 0 Å². The second kappa shape index (κ2) is 10.6. The third-order valence-corrected chi connectivity index (χ3v) is 7.47. The Kier molecular flexibility index (Phi) is 7.11. The largest absolute Gasteiger partial charge is 0.365 e. The number of primary amides is 1. The fourth-order valence-corrected chi connectivity index (χ4v) is 5.28. The lowest BCUT2D eigenvalue weighted by molar-refractivity contribution is 0.100. The average Bonchev–Trinajstić information content (AvgIpc) is 3.29. The maximum atomic E-state index is 12.1. The lowest BCUT2D eigenvalue weighted by atomic mass is 9.91. The second-order valence-electron chi connectivity index (χ2n) is 9.18. The number of thioether (sulfide) groups is 1. The standard InChI is InChI=1S/C27H31N7OS/c1-36-18-7-4-6-17(14-18)16-34-13-12-19-22(10-5-11-24(19)34)31-26-20(25(29)35)15-30-27(33-26)32-23-9-3-2-8-21(23)28/h4-7,10-15,21,23H,2-3,8-9,16,28H2,1H3,(H2,29,35)(H2,30,31,32,33)/t21-,23+/m0/s1. The van der Waals surface area contributed by atoms with Gasteiger partial charge in [-0.25, -0.2) is 4.98 Å². The second-order valence-corrected chi connectivity index (χ2v) is 10.1. The smallest absolute Gasteiger partial charge is 0.254 e. The minimum absolute atomic E-state index is 0.0553. The molecule has 9 heteroatoms. The number of carbonyl (C=O) groups excluding carboxylic acids is 1. The van der Waals surface area contributed by atoms with Gasteiger partial charge in [-0.2, -0.15) is 4.98 Å². The van der Waals surface area contributed by atoms with E-state index in [0.717, 1.165) is 48.8 Å². The summed E-state index contributed by atoms with van der Waals surface area (Å²) in [6.07, 6.45) is 9.84. The summed E-state index contributed by atoms with van der Waals surface area (Å²) in [6.45, 7) is 0.761. The first kappa shape index (κ1) is 24.1. The minimum Gasteiger partial charge on any atom is -0.365 e. The number of hydrogen-bond donors (Lipinski definition) is 4. The summed E-state index contributed by atoms with van der Waals surface area (Å²) in [4.78, 5) is 22.3. The van der Waals surface area contributed by atoms with Crippen molar-refractivity contribution in [2.45, 2.75) is 49.2 Å². The van der Waals surface area contributed by atoms with Gasteiger partial charge in [-0.15, -0.1) is 11.8 Å². The highest BCUT2D eigenvalue weighted by Gasteiger charge is 2.23. The van der Waals surface area contributed by atoms with Crippen molar-refractivity contribution in [3.63, 3.8) is 0 Å². The zero-order valence-electron chi connectivity index (χ0n) is 20.3. The van der Waals surface area contributed by atoms with Crippen LogP contribution in [0.2, 0.25) is 0 Å². The molecule has 2 aromatic carbocycles. The summed E-state index contributed by atoms with van der Waals surface area (Å²) in [6, 6.07) is 16.8. The molecule has 1 fully saturated rings. The van der Waals surface area contributed by atoms with Crippen LogP contribution in [0.3, 0.4) is 0 Å². The monoisotopic (exact) mass is 501 g/mol. The van der Waals surface area contributed by atoms with Crippen LogP contribution in [0.25, 0.3) is 10.9 Å². The predicted octanol–water partition coefficient (Wildman–Crippen LogP) is 4.73. The summed E-state index contributed by atoms with van der Waals surface area (Å²) < 4.78 is 2.21. The molecule has 2 heterocycles. The molecule has 0 bridgehead atoms. The van der Waals surface area contributed by atoms with Gasteiger partial charge in [0.15, 0.2) is 0 Å². The Labute approximate surface area is 214 Å². The zero-order chi connectivity index (χ0) is 25.1. The molecule has 0 spiro atoms. The van der Waals surface area contributed by atoms with Crippen LogP contribution in [0.5, 0.6) is 0 Å². The molecule has 0 aliphatic heterocycles. The van der Waals surface area contributed by atoms with Crippen LogP contribution in [0.1, 0.15) is 41.6 Å². The number of benzene rings is 2. The summed E-state index contributed by atoms with van der Waals surface area (Å²) in [5.74, 6) is 0.220. The quantitative estimate of drug-likeness (QED) is 0.257. The fourth-order valence-electron chi connectivity index (χ4n) is 4.80. The number of nitrogens with two attached hydrogens (primary N) is 2. The molecule has 0 saturated heterocycles. The Hall–Kier alpha value is -3.56. The topological polar surface area (TPSA) is 124 Å². The first-order chi connectivity index (χ1) is 17.5. The number of fused-ring (bicyclic) bond motifs is 1. The predicted molar refractivity (Wildman–Crippen MR) is 147 cm³/mol. The van der Waals surface area contributed by atoms with Crippen molar-refractivity contribution >= 4 is 46.0 Å². The summed E-state index contributed by atoms with van der Waals surface area (Å²) >= 11 is 1.74. The summed E-state index contributed by atoms with van der Waals surface area (Å²) in [5.41, 5.74) is 15.3. The average molecular weight is 502 g/mol. The third-order valence-electron chi connectivity index (χ3n) is 6.74. The Morgan fingerprint density at radius 2 is 2.00 bits per heavy atom. The SMILES string of the molecule is CSc1cccc(Cn2ccc3c(Nc4nc(N[C@@H]5CCCC[C@@H]5N)ncc4C(N)=O)cccc32)c1. The fraction of sp³-hybridized carbons (Fsp3) is 0.296. The highest BCUT2D eigenvalue weighted by molar-refractivity contribution is 7.98. The van der Waals surface area contributed by atoms with Crippen molar-refractivity contribution in [2.75, 3.05) is 16.9 Å². The molecule has 2 aromatic heterocycles. The molecule has 1 saturated carbocycles. The van der Waals surface area contributed by atoms with E-state index in [-0.39, 0.29) is 17.6 Å². The van der Waals surface area contributed by atoms with Gasteiger partial charge in [-0.05, 0) is 55.0 Å². The number of hydrogen-bond acceptors (Lipinski definition) is 7. The van der Waals surface area contributed by atoms with E-state index in [2.05, 4.69) is 74.0 Å². The number of nitrogens with one attached hydrogen (secondary N) is 2. The summed E-state index contributed by atoms with van der Waals surface area (Å²) in [7, 11) is 0. The van der Waals surface area contributed by atoms with Crippen LogP contribution in [-0.4, -0.2) is 38.8 Å². The molecule has 8 nitrogen and oxygen atoms in total. The van der Waals surface area contributed by atoms with E-state index in [4.69, 9.17) is 11.5 Å². The highest BCUT2D eigenvalue weighted by Crippen LogP contribution is 2.30. The highest BCUT2D eigenvalue weighted by atomic mass is 32.2. The van der Waals surface area contributed by atoms with Gasteiger partial charge < -0.3 is 26.7 Å². The Morgan fingerprint density at radius 1 is 1.17 bits per heavy atom. The van der Waals surface area contributed by atoms with E-state index in [1.807, 2.05) is 12.1 Å². The van der Waals surface area contributed by atoms with Gasteiger partial charge in [-0.3, -0.25) is 4.79 Å². The molecule has 6 N–H and O–H groups in total.